The van der Waals surface area contributed by atoms with Gasteiger partial charge in [0, 0.05) is 24.4 Å². The molecule has 0 radical (unpaired) electrons. The molecule has 3 aromatic rings. The Bertz CT molecular complexity index is 928. The number of hydrogen-bond donors (Lipinski definition) is 1. The molecule has 7 heteroatoms. The van der Waals surface area contributed by atoms with Gasteiger partial charge in [-0.1, -0.05) is 6.42 Å². The second kappa shape index (κ2) is 7.26. The van der Waals surface area contributed by atoms with Gasteiger partial charge in [0.1, 0.15) is 11.6 Å². The molecule has 1 aliphatic rings. The van der Waals surface area contributed by atoms with Crippen LogP contribution in [0.1, 0.15) is 25.0 Å². The normalized spacial score (nSPS) is 15.0. The van der Waals surface area contributed by atoms with Crippen molar-refractivity contribution in [3.05, 3.63) is 60.3 Å². The number of aromatic nitrogens is 4. The highest BCUT2D eigenvalue weighted by molar-refractivity contribution is 5.64. The summed E-state index contributed by atoms with van der Waals surface area (Å²) in [6.45, 7) is 0.575. The van der Waals surface area contributed by atoms with Gasteiger partial charge in [0.25, 0.3) is 0 Å². The molecular formula is C20H20FN5O. The number of halogens is 1. The summed E-state index contributed by atoms with van der Waals surface area (Å²) in [6.07, 6.45) is 6.20. The van der Waals surface area contributed by atoms with Crippen LogP contribution in [0.3, 0.4) is 0 Å². The SMILES string of the molecule is COc1ncccc1-c1ccc(NCC2(c3ncccc3F)CCC2)nn1. The fourth-order valence-electron chi connectivity index (χ4n) is 3.46. The summed E-state index contributed by atoms with van der Waals surface area (Å²) in [5, 5.41) is 11.8. The van der Waals surface area contributed by atoms with Crippen LogP contribution in [0.15, 0.2) is 48.8 Å². The van der Waals surface area contributed by atoms with Crippen molar-refractivity contribution in [2.45, 2.75) is 24.7 Å². The van der Waals surface area contributed by atoms with Gasteiger partial charge in [0.15, 0.2) is 0 Å². The molecule has 3 heterocycles. The lowest BCUT2D eigenvalue weighted by atomic mass is 9.66. The summed E-state index contributed by atoms with van der Waals surface area (Å²) >= 11 is 0. The lowest BCUT2D eigenvalue weighted by Crippen LogP contribution is -2.42. The molecule has 6 nitrogen and oxygen atoms in total. The highest BCUT2D eigenvalue weighted by Crippen LogP contribution is 2.43. The third-order valence-electron chi connectivity index (χ3n) is 5.08. The molecule has 0 aliphatic heterocycles. The first-order valence-corrected chi connectivity index (χ1v) is 8.90. The predicted molar refractivity (Wildman–Crippen MR) is 100 cm³/mol. The third kappa shape index (κ3) is 3.32. The van der Waals surface area contributed by atoms with Gasteiger partial charge in [0.05, 0.1) is 24.1 Å². The van der Waals surface area contributed by atoms with Crippen molar-refractivity contribution in [1.29, 1.82) is 0 Å². The Morgan fingerprint density at radius 2 is 1.89 bits per heavy atom. The maximum Gasteiger partial charge on any atom is 0.222 e. The first kappa shape index (κ1) is 17.3. The molecular weight excluding hydrogens is 345 g/mol. The van der Waals surface area contributed by atoms with Crippen LogP contribution in [-0.4, -0.2) is 33.8 Å². The lowest BCUT2D eigenvalue weighted by Gasteiger charge is -2.41. The summed E-state index contributed by atoms with van der Waals surface area (Å²) in [7, 11) is 1.57. The van der Waals surface area contributed by atoms with Crippen LogP contribution in [0.4, 0.5) is 10.2 Å². The molecule has 0 atom stereocenters. The zero-order valence-electron chi connectivity index (χ0n) is 15.0. The largest absolute Gasteiger partial charge is 0.481 e. The zero-order chi connectivity index (χ0) is 18.7. The van der Waals surface area contributed by atoms with E-state index in [9.17, 15) is 4.39 Å². The van der Waals surface area contributed by atoms with E-state index in [0.717, 1.165) is 24.8 Å². The van der Waals surface area contributed by atoms with Gasteiger partial charge >= 0.3 is 0 Å². The highest BCUT2D eigenvalue weighted by atomic mass is 19.1. The van der Waals surface area contributed by atoms with E-state index in [2.05, 4.69) is 25.5 Å². The van der Waals surface area contributed by atoms with Gasteiger partial charge in [-0.15, -0.1) is 10.2 Å². The molecule has 0 saturated heterocycles. The van der Waals surface area contributed by atoms with E-state index in [-0.39, 0.29) is 11.2 Å². The predicted octanol–water partition coefficient (Wildman–Crippen LogP) is 3.62. The topological polar surface area (TPSA) is 72.8 Å². The minimum atomic E-state index is -0.279. The second-order valence-electron chi connectivity index (χ2n) is 6.69. The van der Waals surface area contributed by atoms with E-state index in [4.69, 9.17) is 4.74 Å². The Morgan fingerprint density at radius 3 is 2.56 bits per heavy atom. The Labute approximate surface area is 156 Å². The van der Waals surface area contributed by atoms with Crippen molar-refractivity contribution in [3.63, 3.8) is 0 Å². The fourth-order valence-corrected chi connectivity index (χ4v) is 3.46. The van der Waals surface area contributed by atoms with Gasteiger partial charge < -0.3 is 10.1 Å². The monoisotopic (exact) mass is 365 g/mol. The smallest absolute Gasteiger partial charge is 0.222 e. The number of rotatable bonds is 6. The van der Waals surface area contributed by atoms with Crippen LogP contribution in [0, 0.1) is 5.82 Å². The van der Waals surface area contributed by atoms with Gasteiger partial charge in [0.2, 0.25) is 5.88 Å². The van der Waals surface area contributed by atoms with Crippen LogP contribution >= 0.6 is 0 Å². The molecule has 0 aromatic carbocycles. The van der Waals surface area contributed by atoms with E-state index in [0.29, 0.717) is 29.6 Å². The minimum absolute atomic E-state index is 0.246. The van der Waals surface area contributed by atoms with E-state index in [1.54, 1.807) is 25.6 Å². The minimum Gasteiger partial charge on any atom is -0.481 e. The number of hydrogen-bond acceptors (Lipinski definition) is 6. The van der Waals surface area contributed by atoms with Crippen LogP contribution in [0.2, 0.25) is 0 Å². The molecule has 4 rings (SSSR count). The molecule has 1 fully saturated rings. The van der Waals surface area contributed by atoms with Crippen molar-refractivity contribution in [2.75, 3.05) is 19.0 Å². The Hall–Kier alpha value is -3.09. The summed E-state index contributed by atoms with van der Waals surface area (Å²) in [6, 6.07) is 10.5. The quantitative estimate of drug-likeness (QED) is 0.719. The lowest BCUT2D eigenvalue weighted by molar-refractivity contribution is 0.243. The number of pyridine rings is 2. The average Bonchev–Trinajstić information content (AvgIpc) is 2.69. The molecule has 0 amide bonds. The van der Waals surface area contributed by atoms with Gasteiger partial charge in [-0.2, -0.15) is 0 Å². The highest BCUT2D eigenvalue weighted by Gasteiger charge is 2.41. The summed E-state index contributed by atoms with van der Waals surface area (Å²) in [5.41, 5.74) is 1.72. The zero-order valence-corrected chi connectivity index (χ0v) is 15.0. The summed E-state index contributed by atoms with van der Waals surface area (Å²) in [5.74, 6) is 0.903. The third-order valence-corrected chi connectivity index (χ3v) is 5.08. The Morgan fingerprint density at radius 1 is 1.07 bits per heavy atom. The molecule has 138 valence electrons. The van der Waals surface area contributed by atoms with Crippen LogP contribution in [-0.2, 0) is 5.41 Å². The van der Waals surface area contributed by atoms with Crippen molar-refractivity contribution >= 4 is 5.82 Å². The molecule has 3 aromatic heterocycles. The van der Waals surface area contributed by atoms with E-state index in [1.807, 2.05) is 24.3 Å². The van der Waals surface area contributed by atoms with E-state index >= 15 is 0 Å². The van der Waals surface area contributed by atoms with Crippen LogP contribution in [0.5, 0.6) is 5.88 Å². The number of anilines is 1. The van der Waals surface area contributed by atoms with Crippen LogP contribution < -0.4 is 10.1 Å². The molecule has 0 unspecified atom stereocenters. The van der Waals surface area contributed by atoms with Gasteiger partial charge in [-0.05, 0) is 49.2 Å². The number of nitrogens with zero attached hydrogens (tertiary/aromatic N) is 4. The van der Waals surface area contributed by atoms with Crippen LogP contribution in [0.25, 0.3) is 11.3 Å². The van der Waals surface area contributed by atoms with Crippen molar-refractivity contribution in [3.8, 4) is 17.1 Å². The number of methoxy groups -OCH3 is 1. The Balaban J connectivity index is 1.50. The number of ether oxygens (including phenoxy) is 1. The first-order chi connectivity index (χ1) is 13.2. The Kier molecular flexibility index (Phi) is 4.66. The molecule has 1 aliphatic carbocycles. The molecule has 27 heavy (non-hydrogen) atoms. The van der Waals surface area contributed by atoms with Crippen molar-refractivity contribution in [1.82, 2.24) is 20.2 Å². The van der Waals surface area contributed by atoms with Crippen molar-refractivity contribution in [2.24, 2.45) is 0 Å². The number of nitrogens with one attached hydrogen (secondary N) is 1. The summed E-state index contributed by atoms with van der Waals surface area (Å²) in [4.78, 5) is 8.46. The van der Waals surface area contributed by atoms with E-state index in [1.165, 1.54) is 6.07 Å². The summed E-state index contributed by atoms with van der Waals surface area (Å²) < 4.78 is 19.5. The second-order valence-corrected chi connectivity index (χ2v) is 6.69. The van der Waals surface area contributed by atoms with Gasteiger partial charge in [-0.3, -0.25) is 4.98 Å². The molecule has 0 spiro atoms. The molecule has 1 N–H and O–H groups in total. The molecule has 1 saturated carbocycles. The maximum atomic E-state index is 14.2. The fraction of sp³-hybridized carbons (Fsp3) is 0.300. The van der Waals surface area contributed by atoms with E-state index < -0.39 is 0 Å². The van der Waals surface area contributed by atoms with Gasteiger partial charge in [-0.25, -0.2) is 9.37 Å². The van der Waals surface area contributed by atoms with Crippen molar-refractivity contribution < 1.29 is 9.13 Å². The first-order valence-electron chi connectivity index (χ1n) is 8.90. The molecule has 0 bridgehead atoms. The average molecular weight is 365 g/mol. The standard InChI is InChI=1S/C20H20FN5O/c1-27-19-14(5-2-12-23-19)16-7-8-17(26-25-16)24-13-20(9-4-10-20)18-15(21)6-3-11-22-18/h2-3,5-8,11-12H,4,9-10,13H2,1H3,(H,24,26). The maximum absolute atomic E-state index is 14.2.